The van der Waals surface area contributed by atoms with Gasteiger partial charge in [-0.25, -0.2) is 4.79 Å². The first-order chi connectivity index (χ1) is 12.7. The minimum Gasteiger partial charge on any atom is -0.408 e. The van der Waals surface area contributed by atoms with Gasteiger partial charge in [0.2, 0.25) is 5.91 Å². The number of hydrogen-bond acceptors (Lipinski definition) is 5. The highest BCUT2D eigenvalue weighted by atomic mass is 16.4. The third-order valence-corrected chi connectivity index (χ3v) is 4.19. The summed E-state index contributed by atoms with van der Waals surface area (Å²) in [4.78, 5) is 24.0. The van der Waals surface area contributed by atoms with Crippen LogP contribution in [0.15, 0.2) is 57.9 Å². The molecule has 4 rings (SSSR count). The molecule has 0 aliphatic heterocycles. The summed E-state index contributed by atoms with van der Waals surface area (Å²) in [5, 5.41) is 11.1. The van der Waals surface area contributed by atoms with E-state index in [1.165, 1.54) is 4.57 Å². The molecule has 1 aromatic carbocycles. The van der Waals surface area contributed by atoms with E-state index in [9.17, 15) is 9.59 Å². The molecule has 8 heteroatoms. The van der Waals surface area contributed by atoms with Crippen molar-refractivity contribution in [2.24, 2.45) is 0 Å². The third kappa shape index (κ3) is 3.08. The van der Waals surface area contributed by atoms with Crippen molar-refractivity contribution in [2.45, 2.75) is 19.4 Å². The molecule has 0 radical (unpaired) electrons. The minimum atomic E-state index is -0.450. The lowest BCUT2D eigenvalue weighted by Gasteiger charge is -2.05. The van der Waals surface area contributed by atoms with Crippen LogP contribution in [0.3, 0.4) is 0 Å². The van der Waals surface area contributed by atoms with Crippen molar-refractivity contribution >= 4 is 22.7 Å². The van der Waals surface area contributed by atoms with Crippen LogP contribution in [0.1, 0.15) is 12.2 Å². The SMILES string of the molecule is O=C(CCn1c(=O)oc2ccccc21)NCCc1nnc2ccccn12. The number of fused-ring (bicyclic) bond motifs is 2. The van der Waals surface area contributed by atoms with Crippen LogP contribution in [0, 0.1) is 0 Å². The molecule has 132 valence electrons. The number of para-hydroxylation sites is 2. The molecule has 0 saturated carbocycles. The standard InChI is InChI=1S/C18H17N5O3/c24-17(9-12-22-13-5-1-2-6-14(13)26-18(22)25)19-10-8-16-21-20-15-7-3-4-11-23(15)16/h1-7,11H,8-10,12H2,(H,19,24). The van der Waals surface area contributed by atoms with Gasteiger partial charge in [-0.15, -0.1) is 10.2 Å². The maximum atomic E-state index is 12.1. The predicted octanol–water partition coefficient (Wildman–Crippen LogP) is 1.39. The fourth-order valence-corrected chi connectivity index (χ4v) is 2.90. The van der Waals surface area contributed by atoms with Crippen molar-refractivity contribution in [3.05, 3.63) is 65.0 Å². The summed E-state index contributed by atoms with van der Waals surface area (Å²) in [7, 11) is 0. The second kappa shape index (κ2) is 6.83. The number of aromatic nitrogens is 4. The van der Waals surface area contributed by atoms with Crippen molar-refractivity contribution < 1.29 is 9.21 Å². The molecular formula is C18H17N5O3. The highest BCUT2D eigenvalue weighted by Gasteiger charge is 2.10. The summed E-state index contributed by atoms with van der Waals surface area (Å²) in [5.41, 5.74) is 2.00. The van der Waals surface area contributed by atoms with E-state index in [1.807, 2.05) is 34.9 Å². The Hall–Kier alpha value is -3.42. The summed E-state index contributed by atoms with van der Waals surface area (Å²) >= 11 is 0. The fraction of sp³-hybridized carbons (Fsp3) is 0.222. The molecule has 3 aromatic heterocycles. The lowest BCUT2D eigenvalue weighted by Crippen LogP contribution is -2.28. The maximum absolute atomic E-state index is 12.1. The van der Waals surface area contributed by atoms with Crippen LogP contribution in [-0.2, 0) is 17.8 Å². The number of amides is 1. The summed E-state index contributed by atoms with van der Waals surface area (Å²) < 4.78 is 8.53. The zero-order valence-electron chi connectivity index (χ0n) is 14.0. The molecule has 3 heterocycles. The molecule has 0 saturated heterocycles. The van der Waals surface area contributed by atoms with Crippen LogP contribution in [0.25, 0.3) is 16.7 Å². The van der Waals surface area contributed by atoms with Crippen molar-refractivity contribution in [3.8, 4) is 0 Å². The van der Waals surface area contributed by atoms with Gasteiger partial charge in [-0.3, -0.25) is 13.8 Å². The Labute approximate surface area is 148 Å². The Balaban J connectivity index is 1.33. The number of carbonyl (C=O) groups is 1. The largest absolute Gasteiger partial charge is 0.419 e. The smallest absolute Gasteiger partial charge is 0.408 e. The van der Waals surface area contributed by atoms with Gasteiger partial charge >= 0.3 is 5.76 Å². The molecule has 0 spiro atoms. The molecule has 0 bridgehead atoms. The number of hydrogen-bond donors (Lipinski definition) is 1. The first kappa shape index (κ1) is 16.1. The topological polar surface area (TPSA) is 94.4 Å². The summed E-state index contributed by atoms with van der Waals surface area (Å²) in [6, 6.07) is 12.8. The summed E-state index contributed by atoms with van der Waals surface area (Å²) in [6.07, 6.45) is 2.67. The van der Waals surface area contributed by atoms with E-state index in [4.69, 9.17) is 4.42 Å². The normalized spacial score (nSPS) is 11.2. The van der Waals surface area contributed by atoms with Crippen LogP contribution in [0.4, 0.5) is 0 Å². The maximum Gasteiger partial charge on any atom is 0.419 e. The Kier molecular flexibility index (Phi) is 4.22. The van der Waals surface area contributed by atoms with E-state index in [0.717, 1.165) is 11.5 Å². The van der Waals surface area contributed by atoms with Crippen molar-refractivity contribution in [1.29, 1.82) is 0 Å². The van der Waals surface area contributed by atoms with Gasteiger partial charge < -0.3 is 9.73 Å². The van der Waals surface area contributed by atoms with Crippen molar-refractivity contribution in [1.82, 2.24) is 24.5 Å². The van der Waals surface area contributed by atoms with Crippen molar-refractivity contribution in [3.63, 3.8) is 0 Å². The molecule has 1 N–H and O–H groups in total. The summed E-state index contributed by atoms with van der Waals surface area (Å²) in [5.74, 6) is 0.211. The van der Waals surface area contributed by atoms with Gasteiger partial charge in [-0.1, -0.05) is 18.2 Å². The van der Waals surface area contributed by atoms with Gasteiger partial charge in [0, 0.05) is 32.1 Å². The molecule has 26 heavy (non-hydrogen) atoms. The second-order valence-corrected chi connectivity index (χ2v) is 5.88. The number of pyridine rings is 1. The van der Waals surface area contributed by atoms with Gasteiger partial charge in [0.25, 0.3) is 0 Å². The van der Waals surface area contributed by atoms with E-state index in [0.29, 0.717) is 24.1 Å². The van der Waals surface area contributed by atoms with E-state index >= 15 is 0 Å². The highest BCUT2D eigenvalue weighted by Crippen LogP contribution is 2.11. The van der Waals surface area contributed by atoms with Gasteiger partial charge in [-0.05, 0) is 24.3 Å². The Bertz CT molecular complexity index is 1120. The number of oxazole rings is 1. The van der Waals surface area contributed by atoms with Crippen LogP contribution in [0.2, 0.25) is 0 Å². The molecule has 0 atom stereocenters. The zero-order valence-corrected chi connectivity index (χ0v) is 14.0. The van der Waals surface area contributed by atoms with Gasteiger partial charge in [0.15, 0.2) is 11.2 Å². The summed E-state index contributed by atoms with van der Waals surface area (Å²) in [6.45, 7) is 0.727. The van der Waals surface area contributed by atoms with Crippen LogP contribution in [0.5, 0.6) is 0 Å². The Morgan fingerprint density at radius 1 is 1.12 bits per heavy atom. The first-order valence-electron chi connectivity index (χ1n) is 8.36. The minimum absolute atomic E-state index is 0.129. The molecule has 4 aromatic rings. The number of nitrogens with one attached hydrogen (secondary N) is 1. The quantitative estimate of drug-likeness (QED) is 0.566. The molecular weight excluding hydrogens is 334 g/mol. The highest BCUT2D eigenvalue weighted by molar-refractivity contribution is 5.76. The van der Waals surface area contributed by atoms with E-state index in [-0.39, 0.29) is 18.9 Å². The average molecular weight is 351 g/mol. The molecule has 0 aliphatic carbocycles. The number of rotatable bonds is 6. The van der Waals surface area contributed by atoms with E-state index in [1.54, 1.807) is 18.2 Å². The van der Waals surface area contributed by atoms with Crippen LogP contribution < -0.4 is 11.1 Å². The average Bonchev–Trinajstić information content (AvgIpc) is 3.20. The van der Waals surface area contributed by atoms with Crippen LogP contribution >= 0.6 is 0 Å². The monoisotopic (exact) mass is 351 g/mol. The first-order valence-corrected chi connectivity index (χ1v) is 8.36. The molecule has 0 aliphatic rings. The van der Waals surface area contributed by atoms with E-state index in [2.05, 4.69) is 15.5 Å². The predicted molar refractivity (Wildman–Crippen MR) is 94.8 cm³/mol. The fourth-order valence-electron chi connectivity index (χ4n) is 2.90. The van der Waals surface area contributed by atoms with Crippen LogP contribution in [-0.4, -0.2) is 31.6 Å². The second-order valence-electron chi connectivity index (χ2n) is 5.88. The molecule has 1 amide bonds. The lowest BCUT2D eigenvalue weighted by atomic mass is 10.3. The van der Waals surface area contributed by atoms with Gasteiger partial charge in [0.05, 0.1) is 5.52 Å². The number of benzene rings is 1. The van der Waals surface area contributed by atoms with Crippen molar-refractivity contribution in [2.75, 3.05) is 6.54 Å². The molecule has 0 fully saturated rings. The van der Waals surface area contributed by atoms with Gasteiger partial charge in [0.1, 0.15) is 5.82 Å². The molecule has 0 unspecified atom stereocenters. The number of aryl methyl sites for hydroxylation is 1. The lowest BCUT2D eigenvalue weighted by molar-refractivity contribution is -0.121. The number of nitrogens with zero attached hydrogens (tertiary/aromatic N) is 4. The third-order valence-electron chi connectivity index (χ3n) is 4.19. The van der Waals surface area contributed by atoms with E-state index < -0.39 is 5.76 Å². The zero-order chi connectivity index (χ0) is 17.9. The molecule has 8 nitrogen and oxygen atoms in total. The Morgan fingerprint density at radius 3 is 2.88 bits per heavy atom. The Morgan fingerprint density at radius 2 is 1.96 bits per heavy atom. The van der Waals surface area contributed by atoms with Gasteiger partial charge in [-0.2, -0.15) is 0 Å². The number of carbonyl (C=O) groups excluding carboxylic acids is 1.